The van der Waals surface area contributed by atoms with Crippen molar-refractivity contribution in [3.8, 4) is 0 Å². The average molecular weight is 301 g/mol. The van der Waals surface area contributed by atoms with Crippen LogP contribution < -0.4 is 5.32 Å². The van der Waals surface area contributed by atoms with Crippen LogP contribution in [0.15, 0.2) is 0 Å². The van der Waals surface area contributed by atoms with Gasteiger partial charge in [-0.15, -0.1) is 0 Å². The Bertz CT molecular complexity index is 393. The largest absolute Gasteiger partial charge is 0.316 e. The highest BCUT2D eigenvalue weighted by Crippen LogP contribution is 2.43. The van der Waals surface area contributed by atoms with E-state index in [2.05, 4.69) is 12.2 Å². The summed E-state index contributed by atoms with van der Waals surface area (Å²) >= 11 is 0. The van der Waals surface area contributed by atoms with Gasteiger partial charge in [-0.3, -0.25) is 0 Å². The summed E-state index contributed by atoms with van der Waals surface area (Å²) in [5.41, 5.74) is 0. The molecule has 4 heteroatoms. The van der Waals surface area contributed by atoms with E-state index in [1.54, 1.807) is 0 Å². The lowest BCUT2D eigenvalue weighted by Gasteiger charge is -2.35. The predicted molar refractivity (Wildman–Crippen MR) is 84.6 cm³/mol. The number of hydrogen-bond donors (Lipinski definition) is 1. The summed E-state index contributed by atoms with van der Waals surface area (Å²) in [6.07, 6.45) is 10.8. The summed E-state index contributed by atoms with van der Waals surface area (Å²) in [5.74, 6) is 2.20. The third-order valence-corrected chi connectivity index (χ3v) is 7.07. The van der Waals surface area contributed by atoms with Crippen LogP contribution in [-0.2, 0) is 9.84 Å². The molecule has 4 atom stereocenters. The molecule has 2 aliphatic rings. The molecular formula is C16H31NO2S. The molecule has 3 nitrogen and oxygen atoms in total. The van der Waals surface area contributed by atoms with E-state index in [4.69, 9.17) is 0 Å². The van der Waals surface area contributed by atoms with Gasteiger partial charge in [0, 0.05) is 6.26 Å². The minimum atomic E-state index is -2.84. The Morgan fingerprint density at radius 3 is 2.55 bits per heavy atom. The van der Waals surface area contributed by atoms with Gasteiger partial charge in [-0.1, -0.05) is 26.2 Å². The van der Waals surface area contributed by atoms with E-state index in [1.165, 1.54) is 38.4 Å². The standard InChI is InChI=1S/C16H31NO2S/c1-3-10-17-12-14-7-5-9-16(14)13-6-4-8-15(11-13)20(2,18)19/h13-17H,3-12H2,1-2H3. The fourth-order valence-corrected chi connectivity index (χ4v) is 5.55. The molecule has 4 unspecified atom stereocenters. The molecule has 0 aromatic heterocycles. The van der Waals surface area contributed by atoms with Crippen LogP contribution in [0.3, 0.4) is 0 Å². The van der Waals surface area contributed by atoms with Crippen LogP contribution >= 0.6 is 0 Å². The van der Waals surface area contributed by atoms with E-state index in [9.17, 15) is 8.42 Å². The van der Waals surface area contributed by atoms with Gasteiger partial charge in [0.25, 0.3) is 0 Å². The minimum Gasteiger partial charge on any atom is -0.316 e. The summed E-state index contributed by atoms with van der Waals surface area (Å²) < 4.78 is 23.7. The van der Waals surface area contributed by atoms with Crippen molar-refractivity contribution in [2.75, 3.05) is 19.3 Å². The first-order chi connectivity index (χ1) is 9.52. The van der Waals surface area contributed by atoms with E-state index in [0.717, 1.165) is 44.2 Å². The molecule has 2 rings (SSSR count). The van der Waals surface area contributed by atoms with Gasteiger partial charge in [-0.05, 0) is 62.9 Å². The molecule has 0 radical (unpaired) electrons. The lowest BCUT2D eigenvalue weighted by molar-refractivity contribution is 0.200. The molecule has 0 spiro atoms. The molecular weight excluding hydrogens is 270 g/mol. The number of sulfone groups is 1. The topological polar surface area (TPSA) is 46.2 Å². The van der Waals surface area contributed by atoms with Gasteiger partial charge in [0.2, 0.25) is 0 Å². The van der Waals surface area contributed by atoms with Crippen LogP contribution in [0.5, 0.6) is 0 Å². The van der Waals surface area contributed by atoms with E-state index in [-0.39, 0.29) is 5.25 Å². The van der Waals surface area contributed by atoms with Crippen LogP contribution in [0.25, 0.3) is 0 Å². The Labute approximate surface area is 124 Å². The molecule has 2 fully saturated rings. The van der Waals surface area contributed by atoms with Crippen LogP contribution in [0.4, 0.5) is 0 Å². The maximum Gasteiger partial charge on any atom is 0.150 e. The summed E-state index contributed by atoms with van der Waals surface area (Å²) in [7, 11) is -2.84. The average Bonchev–Trinajstić information content (AvgIpc) is 2.87. The quantitative estimate of drug-likeness (QED) is 0.767. The highest BCUT2D eigenvalue weighted by molar-refractivity contribution is 7.91. The highest BCUT2D eigenvalue weighted by Gasteiger charge is 2.38. The number of nitrogens with one attached hydrogen (secondary N) is 1. The SMILES string of the molecule is CCCNCC1CCCC1C1CCCC(S(C)(=O)=O)C1. The fraction of sp³-hybridized carbons (Fsp3) is 1.00. The van der Waals surface area contributed by atoms with Gasteiger partial charge in [-0.2, -0.15) is 0 Å². The van der Waals surface area contributed by atoms with E-state index >= 15 is 0 Å². The van der Waals surface area contributed by atoms with Gasteiger partial charge in [0.15, 0.2) is 0 Å². The second-order valence-corrected chi connectivity index (χ2v) is 9.26. The van der Waals surface area contributed by atoms with Crippen LogP contribution in [0.1, 0.15) is 58.3 Å². The molecule has 0 aromatic rings. The third-order valence-electron chi connectivity index (χ3n) is 5.43. The maximum absolute atomic E-state index is 11.8. The van der Waals surface area contributed by atoms with Crippen molar-refractivity contribution in [1.29, 1.82) is 0 Å². The van der Waals surface area contributed by atoms with Gasteiger partial charge in [-0.25, -0.2) is 8.42 Å². The lowest BCUT2D eigenvalue weighted by atomic mass is 9.75. The molecule has 1 N–H and O–H groups in total. The second-order valence-electron chi connectivity index (χ2n) is 6.94. The van der Waals surface area contributed by atoms with E-state index in [0.29, 0.717) is 5.92 Å². The Morgan fingerprint density at radius 1 is 1.10 bits per heavy atom. The summed E-state index contributed by atoms with van der Waals surface area (Å²) in [5, 5.41) is 3.51. The summed E-state index contributed by atoms with van der Waals surface area (Å²) in [6.45, 7) is 4.45. The maximum atomic E-state index is 11.8. The zero-order chi connectivity index (χ0) is 14.6. The van der Waals surface area contributed by atoms with E-state index < -0.39 is 9.84 Å². The molecule has 0 saturated heterocycles. The van der Waals surface area contributed by atoms with Crippen LogP contribution in [0, 0.1) is 17.8 Å². The minimum absolute atomic E-state index is 0.0638. The summed E-state index contributed by atoms with van der Waals surface area (Å²) in [6, 6.07) is 0. The van der Waals surface area contributed by atoms with Crippen molar-refractivity contribution in [2.45, 2.75) is 63.5 Å². The zero-order valence-corrected chi connectivity index (χ0v) is 13.9. The van der Waals surface area contributed by atoms with Crippen molar-refractivity contribution in [3.63, 3.8) is 0 Å². The molecule has 0 aliphatic heterocycles. The first-order valence-corrected chi connectivity index (χ1v) is 10.4. The monoisotopic (exact) mass is 301 g/mol. The van der Waals surface area contributed by atoms with Crippen LogP contribution in [0.2, 0.25) is 0 Å². The third kappa shape index (κ3) is 4.20. The molecule has 20 heavy (non-hydrogen) atoms. The molecule has 0 heterocycles. The van der Waals surface area contributed by atoms with Crippen LogP contribution in [-0.4, -0.2) is 33.0 Å². The zero-order valence-electron chi connectivity index (χ0n) is 13.1. The fourth-order valence-electron chi connectivity index (χ4n) is 4.36. The lowest BCUT2D eigenvalue weighted by Crippen LogP contribution is -2.34. The Kier molecular flexibility index (Phi) is 5.91. The molecule has 0 aromatic carbocycles. The first kappa shape index (κ1) is 16.3. The normalized spacial score (nSPS) is 35.3. The Hall–Kier alpha value is -0.0900. The Morgan fingerprint density at radius 2 is 1.85 bits per heavy atom. The van der Waals surface area contributed by atoms with E-state index in [1.807, 2.05) is 0 Å². The first-order valence-electron chi connectivity index (χ1n) is 8.42. The van der Waals surface area contributed by atoms with Crippen molar-refractivity contribution >= 4 is 9.84 Å². The van der Waals surface area contributed by atoms with Gasteiger partial charge < -0.3 is 5.32 Å². The van der Waals surface area contributed by atoms with Crippen molar-refractivity contribution < 1.29 is 8.42 Å². The van der Waals surface area contributed by atoms with Crippen molar-refractivity contribution in [1.82, 2.24) is 5.32 Å². The Balaban J connectivity index is 1.92. The molecule has 2 aliphatic carbocycles. The van der Waals surface area contributed by atoms with Gasteiger partial charge in [0.05, 0.1) is 5.25 Å². The van der Waals surface area contributed by atoms with Crippen molar-refractivity contribution in [2.24, 2.45) is 17.8 Å². The second kappa shape index (κ2) is 7.26. The molecule has 118 valence electrons. The molecule has 0 bridgehead atoms. The number of hydrogen-bond acceptors (Lipinski definition) is 3. The highest BCUT2D eigenvalue weighted by atomic mass is 32.2. The summed E-state index contributed by atoms with van der Waals surface area (Å²) in [4.78, 5) is 0. The molecule has 2 saturated carbocycles. The predicted octanol–water partition coefficient (Wildman–Crippen LogP) is 3.01. The van der Waals surface area contributed by atoms with Crippen molar-refractivity contribution in [3.05, 3.63) is 0 Å². The molecule has 0 amide bonds. The van der Waals surface area contributed by atoms with Gasteiger partial charge in [0.1, 0.15) is 9.84 Å². The number of rotatable bonds is 6. The smallest absolute Gasteiger partial charge is 0.150 e. The van der Waals surface area contributed by atoms with Gasteiger partial charge >= 0.3 is 0 Å².